The molecule has 0 rings (SSSR count). The second-order valence-electron chi connectivity index (χ2n) is 4.18. The predicted octanol–water partition coefficient (Wildman–Crippen LogP) is 1.99. The molecule has 0 aliphatic carbocycles. The molecule has 82 valence electrons. The summed E-state index contributed by atoms with van der Waals surface area (Å²) in [6, 6.07) is 2.13. The molecule has 0 bridgehead atoms. The second-order valence-corrected chi connectivity index (χ2v) is 5.14. The van der Waals surface area contributed by atoms with Gasteiger partial charge in [-0.25, -0.2) is 4.67 Å². The Bertz CT molecular complexity index is 203. The van der Waals surface area contributed by atoms with Crippen LogP contribution in [-0.2, 0) is 0 Å². The standard InChI is InChI=1S/C9H19N2O2P/c1-8(2)11(14(12)13)9(3,4)6-5-7-10/h8,12-13H,5-6H2,1-4H3. The van der Waals surface area contributed by atoms with Gasteiger partial charge in [0.2, 0.25) is 0 Å². The largest absolute Gasteiger partial charge is 0.338 e. The van der Waals surface area contributed by atoms with E-state index in [4.69, 9.17) is 5.26 Å². The third-order valence-corrected chi connectivity index (χ3v) is 3.54. The first-order valence-corrected chi connectivity index (χ1v) is 5.87. The Morgan fingerprint density at radius 3 is 2.21 bits per heavy atom. The Kier molecular flexibility index (Phi) is 5.54. The molecule has 0 atom stereocenters. The van der Waals surface area contributed by atoms with Gasteiger partial charge in [0.15, 0.2) is 0 Å². The van der Waals surface area contributed by atoms with Crippen molar-refractivity contribution in [1.29, 1.82) is 5.26 Å². The Labute approximate surface area is 87.1 Å². The van der Waals surface area contributed by atoms with Crippen molar-refractivity contribution in [3.63, 3.8) is 0 Å². The minimum Gasteiger partial charge on any atom is -0.338 e. The molecular formula is C9H19N2O2P. The summed E-state index contributed by atoms with van der Waals surface area (Å²) < 4.78 is 1.65. The lowest BCUT2D eigenvalue weighted by molar-refractivity contribution is 0.156. The van der Waals surface area contributed by atoms with Gasteiger partial charge in [0, 0.05) is 18.0 Å². The Morgan fingerprint density at radius 1 is 1.43 bits per heavy atom. The fraction of sp³-hybridized carbons (Fsp3) is 0.889. The molecule has 0 aliphatic heterocycles. The highest BCUT2D eigenvalue weighted by Crippen LogP contribution is 2.41. The zero-order valence-corrected chi connectivity index (χ0v) is 10.1. The molecule has 14 heavy (non-hydrogen) atoms. The van der Waals surface area contributed by atoms with Gasteiger partial charge in [0.25, 0.3) is 8.53 Å². The van der Waals surface area contributed by atoms with Crippen LogP contribution in [0.3, 0.4) is 0 Å². The Balaban J connectivity index is 4.55. The van der Waals surface area contributed by atoms with Gasteiger partial charge in [-0.3, -0.25) is 0 Å². The molecule has 0 unspecified atom stereocenters. The van der Waals surface area contributed by atoms with Crippen LogP contribution in [0.1, 0.15) is 40.5 Å². The van der Waals surface area contributed by atoms with Crippen LogP contribution < -0.4 is 0 Å². The molecule has 0 saturated carbocycles. The van der Waals surface area contributed by atoms with Gasteiger partial charge in [-0.05, 0) is 34.1 Å². The van der Waals surface area contributed by atoms with E-state index in [-0.39, 0.29) is 11.6 Å². The van der Waals surface area contributed by atoms with Crippen LogP contribution in [0.5, 0.6) is 0 Å². The average molecular weight is 218 g/mol. The Morgan fingerprint density at radius 2 is 1.93 bits per heavy atom. The first kappa shape index (κ1) is 13.8. The van der Waals surface area contributed by atoms with Crippen LogP contribution >= 0.6 is 8.53 Å². The number of nitriles is 1. The van der Waals surface area contributed by atoms with Crippen molar-refractivity contribution in [2.75, 3.05) is 0 Å². The SMILES string of the molecule is CC(C)N(P(O)O)C(C)(C)CCC#N. The topological polar surface area (TPSA) is 67.5 Å². The van der Waals surface area contributed by atoms with E-state index in [1.54, 1.807) is 4.67 Å². The molecule has 2 N–H and O–H groups in total. The Hall–Kier alpha value is -0.200. The van der Waals surface area contributed by atoms with Crippen LogP contribution in [0.4, 0.5) is 0 Å². The zero-order valence-electron chi connectivity index (χ0n) is 9.23. The third-order valence-electron chi connectivity index (χ3n) is 2.15. The van der Waals surface area contributed by atoms with Gasteiger partial charge >= 0.3 is 0 Å². The van der Waals surface area contributed by atoms with Crippen molar-refractivity contribution >= 4 is 8.53 Å². The van der Waals surface area contributed by atoms with E-state index >= 15 is 0 Å². The number of rotatable bonds is 5. The maximum atomic E-state index is 9.28. The van der Waals surface area contributed by atoms with Crippen LogP contribution in [0, 0.1) is 11.3 Å². The summed E-state index contributed by atoms with van der Waals surface area (Å²) in [5.41, 5.74) is -0.348. The summed E-state index contributed by atoms with van der Waals surface area (Å²) in [4.78, 5) is 18.6. The molecule has 0 heterocycles. The molecule has 0 amide bonds. The fourth-order valence-corrected chi connectivity index (χ4v) is 2.62. The van der Waals surface area contributed by atoms with Crippen molar-refractivity contribution in [1.82, 2.24) is 4.67 Å². The second kappa shape index (κ2) is 5.63. The van der Waals surface area contributed by atoms with E-state index in [9.17, 15) is 9.79 Å². The summed E-state index contributed by atoms with van der Waals surface area (Å²) in [6.07, 6.45) is 1.07. The lowest BCUT2D eigenvalue weighted by Gasteiger charge is -2.40. The molecule has 0 fully saturated rings. The van der Waals surface area contributed by atoms with E-state index in [1.807, 2.05) is 27.7 Å². The summed E-state index contributed by atoms with van der Waals surface area (Å²) >= 11 is 0. The fourth-order valence-electron chi connectivity index (χ4n) is 1.62. The molecule has 0 aromatic carbocycles. The maximum Gasteiger partial charge on any atom is 0.253 e. The van der Waals surface area contributed by atoms with Gasteiger partial charge in [0.1, 0.15) is 0 Å². The normalized spacial score (nSPS) is 12.6. The molecule has 0 radical (unpaired) electrons. The molecule has 0 aromatic rings. The number of nitrogens with zero attached hydrogens (tertiary/aromatic N) is 2. The molecule has 0 aliphatic rings. The van der Waals surface area contributed by atoms with Gasteiger partial charge in [-0.15, -0.1) is 0 Å². The monoisotopic (exact) mass is 218 g/mol. The van der Waals surface area contributed by atoms with E-state index in [0.717, 1.165) is 0 Å². The van der Waals surface area contributed by atoms with Crippen molar-refractivity contribution in [2.24, 2.45) is 0 Å². The minimum absolute atomic E-state index is 0.0600. The van der Waals surface area contributed by atoms with Crippen LogP contribution in [0.2, 0.25) is 0 Å². The molecule has 4 nitrogen and oxygen atoms in total. The maximum absolute atomic E-state index is 9.28. The molecule has 0 aromatic heterocycles. The van der Waals surface area contributed by atoms with Crippen molar-refractivity contribution < 1.29 is 9.79 Å². The summed E-state index contributed by atoms with van der Waals surface area (Å²) in [5.74, 6) is 0. The molecule has 5 heteroatoms. The van der Waals surface area contributed by atoms with Crippen LogP contribution in [0.15, 0.2) is 0 Å². The van der Waals surface area contributed by atoms with Crippen molar-refractivity contribution in [3.8, 4) is 6.07 Å². The van der Waals surface area contributed by atoms with E-state index in [2.05, 4.69) is 6.07 Å². The zero-order chi connectivity index (χ0) is 11.4. The summed E-state index contributed by atoms with van der Waals surface area (Å²) in [7, 11) is -2.08. The molecule has 0 saturated heterocycles. The highest BCUT2D eigenvalue weighted by Gasteiger charge is 2.33. The lowest BCUT2D eigenvalue weighted by Crippen LogP contribution is -2.44. The number of hydrogen-bond acceptors (Lipinski definition) is 4. The first-order valence-electron chi connectivity index (χ1n) is 4.67. The lowest BCUT2D eigenvalue weighted by atomic mass is 9.98. The smallest absolute Gasteiger partial charge is 0.253 e. The molecular weight excluding hydrogens is 199 g/mol. The van der Waals surface area contributed by atoms with Crippen molar-refractivity contribution in [2.45, 2.75) is 52.1 Å². The average Bonchev–Trinajstić information content (AvgIpc) is 1.98. The summed E-state index contributed by atoms with van der Waals surface area (Å²) in [5, 5.41) is 8.50. The highest BCUT2D eigenvalue weighted by molar-refractivity contribution is 7.42. The van der Waals surface area contributed by atoms with E-state index in [0.29, 0.717) is 12.8 Å². The van der Waals surface area contributed by atoms with Crippen molar-refractivity contribution in [3.05, 3.63) is 0 Å². The van der Waals surface area contributed by atoms with Gasteiger partial charge in [-0.2, -0.15) is 5.26 Å². The quantitative estimate of drug-likeness (QED) is 0.692. The van der Waals surface area contributed by atoms with Gasteiger partial charge in [-0.1, -0.05) is 0 Å². The highest BCUT2D eigenvalue weighted by atomic mass is 31.2. The van der Waals surface area contributed by atoms with Gasteiger partial charge < -0.3 is 9.79 Å². The third kappa shape index (κ3) is 3.89. The summed E-state index contributed by atoms with van der Waals surface area (Å²) in [6.45, 7) is 7.67. The van der Waals surface area contributed by atoms with E-state index < -0.39 is 8.53 Å². The van der Waals surface area contributed by atoms with Crippen LogP contribution in [0.25, 0.3) is 0 Å². The molecule has 0 spiro atoms. The first-order chi connectivity index (χ1) is 6.33. The predicted molar refractivity (Wildman–Crippen MR) is 57.3 cm³/mol. The van der Waals surface area contributed by atoms with Gasteiger partial charge in [0.05, 0.1) is 6.07 Å². The van der Waals surface area contributed by atoms with E-state index in [1.165, 1.54) is 0 Å². The number of hydrogen-bond donors (Lipinski definition) is 2. The van der Waals surface area contributed by atoms with Crippen LogP contribution in [-0.4, -0.2) is 26.0 Å². The minimum atomic E-state index is -2.08.